The largest absolute Gasteiger partial charge is 0.497 e. The predicted molar refractivity (Wildman–Crippen MR) is 147 cm³/mol. The summed E-state index contributed by atoms with van der Waals surface area (Å²) in [5.74, 6) is 0.865. The second-order valence-corrected chi connectivity index (χ2v) is 8.98. The van der Waals surface area contributed by atoms with Crippen LogP contribution in [-0.2, 0) is 11.4 Å². The zero-order chi connectivity index (χ0) is 26.9. The van der Waals surface area contributed by atoms with E-state index in [1.165, 1.54) is 0 Å². The van der Waals surface area contributed by atoms with Gasteiger partial charge in [-0.25, -0.2) is 0 Å². The molecule has 1 saturated carbocycles. The van der Waals surface area contributed by atoms with Crippen molar-refractivity contribution >= 4 is 29.4 Å². The second-order valence-electron chi connectivity index (χ2n) is 8.54. The van der Waals surface area contributed by atoms with E-state index in [9.17, 15) is 4.79 Å². The van der Waals surface area contributed by atoms with Crippen LogP contribution in [0.5, 0.6) is 11.8 Å². The van der Waals surface area contributed by atoms with Gasteiger partial charge in [-0.2, -0.15) is 15.0 Å². The lowest BCUT2D eigenvalue weighted by atomic mass is 10.1. The van der Waals surface area contributed by atoms with Crippen molar-refractivity contribution in [3.8, 4) is 11.8 Å². The van der Waals surface area contributed by atoms with Crippen LogP contribution in [0.3, 0.4) is 0 Å². The van der Waals surface area contributed by atoms with Crippen LogP contribution >= 0.6 is 11.6 Å². The summed E-state index contributed by atoms with van der Waals surface area (Å²) in [6.07, 6.45) is 4.05. The summed E-state index contributed by atoms with van der Waals surface area (Å²) < 4.78 is 11.0. The number of anilines is 2. The first-order chi connectivity index (χ1) is 18.5. The van der Waals surface area contributed by atoms with Gasteiger partial charge >= 0.3 is 6.01 Å². The molecule has 4 rings (SSSR count). The Bertz CT molecular complexity index is 1300. The quantitative estimate of drug-likeness (QED) is 0.256. The summed E-state index contributed by atoms with van der Waals surface area (Å²) in [5, 5.41) is 12.6. The van der Waals surface area contributed by atoms with Crippen LogP contribution < -0.4 is 30.7 Å². The predicted octanol–water partition coefficient (Wildman–Crippen LogP) is 4.06. The van der Waals surface area contributed by atoms with Gasteiger partial charge in [-0.3, -0.25) is 10.1 Å². The summed E-state index contributed by atoms with van der Waals surface area (Å²) >= 11 is 6.12. The van der Waals surface area contributed by atoms with E-state index in [0.29, 0.717) is 11.6 Å². The van der Waals surface area contributed by atoms with Gasteiger partial charge in [-0.15, -0.1) is 0 Å². The highest BCUT2D eigenvalue weighted by molar-refractivity contribution is 6.30. The lowest BCUT2D eigenvalue weighted by Crippen LogP contribution is -2.21. The number of likely N-dealkylation sites (N-methyl/N-ethyl adjacent to an activating group) is 1. The van der Waals surface area contributed by atoms with E-state index in [-0.39, 0.29) is 42.3 Å². The van der Waals surface area contributed by atoms with Crippen LogP contribution in [0.2, 0.25) is 5.02 Å². The fourth-order valence-corrected chi connectivity index (χ4v) is 3.96. The van der Waals surface area contributed by atoms with E-state index < -0.39 is 0 Å². The number of rotatable bonds is 13. The molecular weight excluding hydrogens is 506 g/mol. The number of aromatic nitrogens is 3. The fraction of sp³-hybridized carbons (Fsp3) is 0.259. The smallest absolute Gasteiger partial charge is 0.323 e. The molecule has 1 aliphatic rings. The van der Waals surface area contributed by atoms with Crippen LogP contribution in [-0.4, -0.2) is 41.6 Å². The second kappa shape index (κ2) is 12.8. The van der Waals surface area contributed by atoms with Crippen LogP contribution in [0.1, 0.15) is 23.5 Å². The Labute approximate surface area is 226 Å². The van der Waals surface area contributed by atoms with Crippen LogP contribution in [0, 0.1) is 5.92 Å². The average molecular weight is 536 g/mol. The highest BCUT2D eigenvalue weighted by atomic mass is 35.5. The van der Waals surface area contributed by atoms with E-state index in [4.69, 9.17) is 21.1 Å². The summed E-state index contributed by atoms with van der Waals surface area (Å²) in [6.45, 7) is 4.24. The van der Waals surface area contributed by atoms with Crippen LogP contribution in [0.4, 0.5) is 11.9 Å². The first kappa shape index (κ1) is 26.7. The lowest BCUT2D eigenvalue weighted by molar-refractivity contribution is -0.117. The maximum absolute atomic E-state index is 13.0. The highest BCUT2D eigenvalue weighted by Gasteiger charge is 2.44. The Morgan fingerprint density at radius 2 is 1.95 bits per heavy atom. The topological polar surface area (TPSA) is 122 Å². The van der Waals surface area contributed by atoms with Gasteiger partial charge in [-0.1, -0.05) is 42.4 Å². The van der Waals surface area contributed by atoms with Crippen molar-refractivity contribution in [1.82, 2.24) is 25.6 Å². The molecule has 2 atom stereocenters. The van der Waals surface area contributed by atoms with Crippen molar-refractivity contribution in [2.75, 3.05) is 31.3 Å². The zero-order valence-corrected chi connectivity index (χ0v) is 22.0. The molecule has 2 aromatic carbocycles. The van der Waals surface area contributed by atoms with Gasteiger partial charge in [0.25, 0.3) is 0 Å². The molecule has 1 aromatic heterocycles. The fourth-order valence-electron chi connectivity index (χ4n) is 3.76. The van der Waals surface area contributed by atoms with Crippen molar-refractivity contribution in [3.05, 3.63) is 89.4 Å². The van der Waals surface area contributed by atoms with E-state index in [1.54, 1.807) is 26.6 Å². The van der Waals surface area contributed by atoms with Crippen molar-refractivity contribution in [1.29, 1.82) is 0 Å². The number of carbonyl (C=O) groups is 1. The lowest BCUT2D eigenvalue weighted by Gasteiger charge is -2.12. The molecule has 0 bridgehead atoms. The van der Waals surface area contributed by atoms with Crippen molar-refractivity contribution in [2.24, 2.45) is 5.92 Å². The number of methoxy groups -OCH3 is 1. The maximum Gasteiger partial charge on any atom is 0.323 e. The summed E-state index contributed by atoms with van der Waals surface area (Å²) in [7, 11) is 3.41. The molecule has 11 heteroatoms. The number of carbonyl (C=O) groups excluding carboxylic acids is 1. The molecule has 198 valence electrons. The standard InChI is InChI=1S/C27H30ClN7O3/c1-4-30-14-20(29-2)15-31-25-33-26(32-24(36)23-13-22(23)18-6-5-7-19(28)12-18)35-27(34-25)38-16-17-8-10-21(37-3)11-9-17/h4-12,14,22-23,29-30H,1,13,15-16H2,2-3H3,(H2,31,32,33,34,35,36)/b20-14-/t22-,23+/m1/s1. The van der Waals surface area contributed by atoms with Gasteiger partial charge in [0.05, 0.1) is 13.7 Å². The minimum Gasteiger partial charge on any atom is -0.497 e. The number of benzene rings is 2. The minimum atomic E-state index is -0.186. The molecular formula is C27H30ClN7O3. The molecule has 3 aromatic rings. The number of nitrogens with zero attached hydrogens (tertiary/aromatic N) is 3. The molecule has 0 spiro atoms. The number of ether oxygens (including phenoxy) is 2. The van der Waals surface area contributed by atoms with E-state index in [1.807, 2.05) is 48.5 Å². The number of amides is 1. The highest BCUT2D eigenvalue weighted by Crippen LogP contribution is 2.48. The van der Waals surface area contributed by atoms with Gasteiger partial charge in [0.15, 0.2) is 0 Å². The SMILES string of the molecule is C=CN/C=C(/CNc1nc(NC(=O)[C@H]2C[C@@H]2c2cccc(Cl)c2)nc(OCc2ccc(OC)cc2)n1)NC. The third kappa shape index (κ3) is 7.36. The van der Waals surface area contributed by atoms with Crippen molar-refractivity contribution in [3.63, 3.8) is 0 Å². The van der Waals surface area contributed by atoms with Gasteiger partial charge in [0.1, 0.15) is 12.4 Å². The first-order valence-corrected chi connectivity index (χ1v) is 12.4. The van der Waals surface area contributed by atoms with Gasteiger partial charge in [0, 0.05) is 29.9 Å². The Morgan fingerprint density at radius 1 is 1.16 bits per heavy atom. The van der Waals surface area contributed by atoms with E-state index in [0.717, 1.165) is 29.0 Å². The molecule has 0 saturated heterocycles. The number of hydrogen-bond acceptors (Lipinski definition) is 9. The van der Waals surface area contributed by atoms with Crippen LogP contribution in [0.25, 0.3) is 0 Å². The van der Waals surface area contributed by atoms with Crippen molar-refractivity contribution < 1.29 is 14.3 Å². The minimum absolute atomic E-state index is 0.0787. The molecule has 1 heterocycles. The zero-order valence-electron chi connectivity index (χ0n) is 21.2. The first-order valence-electron chi connectivity index (χ1n) is 12.0. The third-order valence-electron chi connectivity index (χ3n) is 5.91. The molecule has 0 radical (unpaired) electrons. The van der Waals surface area contributed by atoms with E-state index >= 15 is 0 Å². The summed E-state index contributed by atoms with van der Waals surface area (Å²) in [5.41, 5.74) is 2.78. The monoisotopic (exact) mass is 535 g/mol. The Hall–Kier alpha value is -4.31. The number of halogens is 1. The summed E-state index contributed by atoms with van der Waals surface area (Å²) in [4.78, 5) is 26.1. The van der Waals surface area contributed by atoms with Gasteiger partial charge in [0.2, 0.25) is 17.8 Å². The molecule has 10 nitrogen and oxygen atoms in total. The number of hydrogen-bond donors (Lipinski definition) is 4. The number of nitrogens with one attached hydrogen (secondary N) is 4. The molecule has 38 heavy (non-hydrogen) atoms. The molecule has 1 fully saturated rings. The van der Waals surface area contributed by atoms with Crippen LogP contribution in [0.15, 0.2) is 73.2 Å². The third-order valence-corrected chi connectivity index (χ3v) is 6.15. The maximum atomic E-state index is 13.0. The average Bonchev–Trinajstić information content (AvgIpc) is 3.74. The molecule has 4 N–H and O–H groups in total. The molecule has 0 aliphatic heterocycles. The Kier molecular flexibility index (Phi) is 8.99. The summed E-state index contributed by atoms with van der Waals surface area (Å²) in [6, 6.07) is 15.1. The molecule has 0 unspecified atom stereocenters. The van der Waals surface area contributed by atoms with E-state index in [2.05, 4.69) is 42.8 Å². The normalized spacial score (nSPS) is 16.2. The van der Waals surface area contributed by atoms with Gasteiger partial charge in [-0.05, 0) is 53.9 Å². The Balaban J connectivity index is 1.47. The molecule has 1 aliphatic carbocycles. The Morgan fingerprint density at radius 3 is 2.66 bits per heavy atom. The molecule has 1 amide bonds. The van der Waals surface area contributed by atoms with Crippen molar-refractivity contribution in [2.45, 2.75) is 18.9 Å². The van der Waals surface area contributed by atoms with Gasteiger partial charge < -0.3 is 25.4 Å².